The van der Waals surface area contributed by atoms with Crippen molar-refractivity contribution >= 4 is 10.2 Å². The quantitative estimate of drug-likeness (QED) is 0.744. The number of hydrogen-bond acceptors (Lipinski definition) is 3. The van der Waals surface area contributed by atoms with E-state index in [0.29, 0.717) is 12.5 Å². The lowest BCUT2D eigenvalue weighted by Gasteiger charge is -2.33. The number of piperidine rings is 1. The standard InChI is InChI=1S/C23H29N3O2S/c1-25(2)29(27,28)24-17-21-11-8-16-26(18-21)19-23-13-7-6-12-22(23)15-14-20-9-4-3-5-10-20/h3-7,9-10,12-13,21,24H,8,11,16-19H2,1-2H3/t21-/m0/s1. The fraction of sp³-hybridized carbons (Fsp3) is 0.391. The molecular formula is C23H29N3O2S. The summed E-state index contributed by atoms with van der Waals surface area (Å²) >= 11 is 0. The molecule has 0 bridgehead atoms. The van der Waals surface area contributed by atoms with Gasteiger partial charge in [-0.05, 0) is 49.1 Å². The van der Waals surface area contributed by atoms with Gasteiger partial charge in [-0.15, -0.1) is 0 Å². The molecule has 1 atom stereocenters. The van der Waals surface area contributed by atoms with Crippen molar-refractivity contribution in [1.82, 2.24) is 13.9 Å². The van der Waals surface area contributed by atoms with Crippen LogP contribution < -0.4 is 4.72 Å². The molecule has 0 saturated carbocycles. The first-order valence-corrected chi connectivity index (χ1v) is 11.4. The van der Waals surface area contributed by atoms with Gasteiger partial charge in [0.05, 0.1) is 0 Å². The molecule has 154 valence electrons. The molecule has 0 radical (unpaired) electrons. The number of rotatable bonds is 6. The fourth-order valence-corrected chi connectivity index (χ4v) is 4.20. The molecule has 0 aliphatic carbocycles. The van der Waals surface area contributed by atoms with Crippen LogP contribution >= 0.6 is 0 Å². The van der Waals surface area contributed by atoms with E-state index in [2.05, 4.69) is 39.7 Å². The van der Waals surface area contributed by atoms with Crippen molar-refractivity contribution in [3.63, 3.8) is 0 Å². The average molecular weight is 412 g/mol. The Morgan fingerprint density at radius 1 is 1.07 bits per heavy atom. The maximum atomic E-state index is 12.0. The molecule has 0 amide bonds. The molecule has 0 unspecified atom stereocenters. The summed E-state index contributed by atoms with van der Waals surface area (Å²) in [5.41, 5.74) is 3.27. The molecule has 1 N–H and O–H groups in total. The monoisotopic (exact) mass is 411 g/mol. The Morgan fingerprint density at radius 3 is 2.55 bits per heavy atom. The lowest BCUT2D eigenvalue weighted by molar-refractivity contribution is 0.168. The Morgan fingerprint density at radius 2 is 1.79 bits per heavy atom. The molecule has 2 aromatic carbocycles. The van der Waals surface area contributed by atoms with Gasteiger partial charge in [-0.3, -0.25) is 4.90 Å². The maximum absolute atomic E-state index is 12.0. The molecule has 0 spiro atoms. The van der Waals surface area contributed by atoms with Crippen molar-refractivity contribution in [2.24, 2.45) is 5.92 Å². The zero-order chi connectivity index (χ0) is 20.7. The Labute approximate surface area is 174 Å². The largest absolute Gasteiger partial charge is 0.299 e. The smallest absolute Gasteiger partial charge is 0.278 e. The Bertz CT molecular complexity index is 962. The molecule has 2 aromatic rings. The van der Waals surface area contributed by atoms with Gasteiger partial charge in [0.15, 0.2) is 0 Å². The first-order valence-electron chi connectivity index (χ1n) is 9.98. The van der Waals surface area contributed by atoms with Crippen LogP contribution in [-0.4, -0.2) is 51.4 Å². The predicted octanol–water partition coefficient (Wildman–Crippen LogP) is 2.69. The summed E-state index contributed by atoms with van der Waals surface area (Å²) in [5.74, 6) is 6.88. The van der Waals surface area contributed by atoms with Crippen LogP contribution in [0.15, 0.2) is 54.6 Å². The minimum atomic E-state index is -3.37. The van der Waals surface area contributed by atoms with Gasteiger partial charge in [0.2, 0.25) is 0 Å². The van der Waals surface area contributed by atoms with Gasteiger partial charge in [-0.2, -0.15) is 12.7 Å². The lowest BCUT2D eigenvalue weighted by atomic mass is 9.97. The molecule has 1 saturated heterocycles. The van der Waals surface area contributed by atoms with Crippen molar-refractivity contribution in [2.75, 3.05) is 33.7 Å². The molecular weight excluding hydrogens is 382 g/mol. The second-order valence-corrected chi connectivity index (χ2v) is 9.62. The summed E-state index contributed by atoms with van der Waals surface area (Å²) in [7, 11) is -0.279. The molecule has 0 aromatic heterocycles. The molecule has 1 heterocycles. The van der Waals surface area contributed by atoms with Crippen molar-refractivity contribution in [1.29, 1.82) is 0 Å². The average Bonchev–Trinajstić information content (AvgIpc) is 2.73. The maximum Gasteiger partial charge on any atom is 0.278 e. The van der Waals surface area contributed by atoms with Crippen molar-refractivity contribution < 1.29 is 8.42 Å². The van der Waals surface area contributed by atoms with Crippen LogP contribution in [0.1, 0.15) is 29.5 Å². The second-order valence-electron chi connectivity index (χ2n) is 7.65. The molecule has 29 heavy (non-hydrogen) atoms. The van der Waals surface area contributed by atoms with E-state index in [9.17, 15) is 8.42 Å². The molecule has 1 aliphatic heterocycles. The molecule has 6 heteroatoms. The molecule has 3 rings (SSSR count). The van der Waals surface area contributed by atoms with E-state index >= 15 is 0 Å². The molecule has 5 nitrogen and oxygen atoms in total. The summed E-state index contributed by atoms with van der Waals surface area (Å²) in [6.45, 7) is 3.22. The van der Waals surface area contributed by atoms with Crippen LogP contribution in [0, 0.1) is 17.8 Å². The van der Waals surface area contributed by atoms with Gasteiger partial charge in [-0.25, -0.2) is 4.72 Å². The van der Waals surface area contributed by atoms with Gasteiger partial charge in [0.1, 0.15) is 0 Å². The van der Waals surface area contributed by atoms with Gasteiger partial charge in [0.25, 0.3) is 10.2 Å². The Hall–Kier alpha value is -2.17. The minimum absolute atomic E-state index is 0.320. The summed E-state index contributed by atoms with van der Waals surface area (Å²) in [6, 6.07) is 18.3. The number of benzene rings is 2. The fourth-order valence-electron chi connectivity index (χ4n) is 3.50. The van der Waals surface area contributed by atoms with Crippen LogP contribution in [0.4, 0.5) is 0 Å². The summed E-state index contributed by atoms with van der Waals surface area (Å²) in [4.78, 5) is 2.40. The van der Waals surface area contributed by atoms with Crippen molar-refractivity contribution in [2.45, 2.75) is 19.4 Å². The van der Waals surface area contributed by atoms with E-state index < -0.39 is 10.2 Å². The highest BCUT2D eigenvalue weighted by Gasteiger charge is 2.23. The van der Waals surface area contributed by atoms with E-state index in [0.717, 1.165) is 43.6 Å². The van der Waals surface area contributed by atoms with Gasteiger partial charge in [0, 0.05) is 44.9 Å². The van der Waals surface area contributed by atoms with E-state index in [1.807, 2.05) is 36.4 Å². The minimum Gasteiger partial charge on any atom is -0.299 e. The van der Waals surface area contributed by atoms with E-state index in [1.165, 1.54) is 9.87 Å². The van der Waals surface area contributed by atoms with Crippen molar-refractivity contribution in [3.8, 4) is 11.8 Å². The molecule has 1 fully saturated rings. The lowest BCUT2D eigenvalue weighted by Crippen LogP contribution is -2.43. The van der Waals surface area contributed by atoms with Gasteiger partial charge >= 0.3 is 0 Å². The topological polar surface area (TPSA) is 52.7 Å². The zero-order valence-corrected chi connectivity index (χ0v) is 18.0. The number of likely N-dealkylation sites (tertiary alicyclic amines) is 1. The summed E-state index contributed by atoms with van der Waals surface area (Å²) in [5, 5.41) is 0. The van der Waals surface area contributed by atoms with Crippen LogP contribution in [0.25, 0.3) is 0 Å². The highest BCUT2D eigenvalue weighted by molar-refractivity contribution is 7.87. The van der Waals surface area contributed by atoms with Crippen LogP contribution in [-0.2, 0) is 16.8 Å². The highest BCUT2D eigenvalue weighted by Crippen LogP contribution is 2.20. The summed E-state index contributed by atoms with van der Waals surface area (Å²) in [6.07, 6.45) is 2.12. The first-order chi connectivity index (χ1) is 13.9. The third-order valence-electron chi connectivity index (χ3n) is 5.16. The third kappa shape index (κ3) is 6.41. The predicted molar refractivity (Wildman–Crippen MR) is 117 cm³/mol. The normalized spacial score (nSPS) is 17.7. The number of nitrogens with zero attached hydrogens (tertiary/aromatic N) is 2. The second kappa shape index (κ2) is 10.0. The third-order valence-corrected chi connectivity index (χ3v) is 6.66. The van der Waals surface area contributed by atoms with Crippen molar-refractivity contribution in [3.05, 3.63) is 71.3 Å². The summed E-state index contributed by atoms with van der Waals surface area (Å²) < 4.78 is 27.9. The van der Waals surface area contributed by atoms with E-state index in [4.69, 9.17) is 0 Å². The van der Waals surface area contributed by atoms with Crippen LogP contribution in [0.3, 0.4) is 0 Å². The molecule has 1 aliphatic rings. The van der Waals surface area contributed by atoms with Crippen LogP contribution in [0.2, 0.25) is 0 Å². The van der Waals surface area contributed by atoms with E-state index in [-0.39, 0.29) is 0 Å². The highest BCUT2D eigenvalue weighted by atomic mass is 32.2. The van der Waals surface area contributed by atoms with Gasteiger partial charge < -0.3 is 0 Å². The zero-order valence-electron chi connectivity index (χ0n) is 17.1. The Kier molecular flexibility index (Phi) is 7.45. The SMILES string of the molecule is CN(C)S(=O)(=O)NC[C@@H]1CCCN(Cc2ccccc2C#Cc2ccccc2)C1. The van der Waals surface area contributed by atoms with E-state index in [1.54, 1.807) is 14.1 Å². The Balaban J connectivity index is 1.64. The van der Waals surface area contributed by atoms with Gasteiger partial charge in [-0.1, -0.05) is 48.2 Å². The number of nitrogens with one attached hydrogen (secondary N) is 1. The first kappa shape index (κ1) is 21.5. The van der Waals surface area contributed by atoms with Crippen LogP contribution in [0.5, 0.6) is 0 Å². The number of hydrogen-bond donors (Lipinski definition) is 1.